The van der Waals surface area contributed by atoms with Gasteiger partial charge in [-0.05, 0) is 43.7 Å². The zero-order chi connectivity index (χ0) is 14.4. The fourth-order valence-electron chi connectivity index (χ4n) is 3.13. The summed E-state index contributed by atoms with van der Waals surface area (Å²) in [6, 6.07) is 5.62. The molecule has 2 N–H and O–H groups in total. The van der Waals surface area contributed by atoms with Gasteiger partial charge in [0, 0.05) is 24.8 Å². The Hall–Kier alpha value is -1.13. The first-order chi connectivity index (χ1) is 9.74. The van der Waals surface area contributed by atoms with E-state index in [4.69, 9.17) is 0 Å². The lowest BCUT2D eigenvalue weighted by molar-refractivity contribution is 0.290. The number of hydrogen-bond acceptors (Lipinski definition) is 3. The van der Waals surface area contributed by atoms with E-state index in [9.17, 15) is 9.50 Å². The fraction of sp³-hybridized carbons (Fsp3) is 0.625. The summed E-state index contributed by atoms with van der Waals surface area (Å²) in [4.78, 5) is 2.18. The molecule has 0 atom stereocenters. The predicted octanol–water partition coefficient (Wildman–Crippen LogP) is 2.68. The average molecular weight is 280 g/mol. The molecule has 2 rings (SSSR count). The molecule has 112 valence electrons. The number of rotatable bonds is 6. The molecular formula is C16H25FN2O. The molecular weight excluding hydrogens is 255 g/mol. The van der Waals surface area contributed by atoms with Crippen molar-refractivity contribution in [3.05, 3.63) is 29.6 Å². The molecule has 1 aromatic carbocycles. The minimum atomic E-state index is -0.202. The molecule has 0 aromatic heterocycles. The first kappa shape index (κ1) is 15.3. The maximum Gasteiger partial charge on any atom is 0.125 e. The highest BCUT2D eigenvalue weighted by Crippen LogP contribution is 2.28. The second kappa shape index (κ2) is 7.60. The molecule has 0 aliphatic heterocycles. The predicted molar refractivity (Wildman–Crippen MR) is 80.5 cm³/mol. The Morgan fingerprint density at radius 1 is 1.25 bits per heavy atom. The summed E-state index contributed by atoms with van der Waals surface area (Å²) in [7, 11) is 1.86. The van der Waals surface area contributed by atoms with E-state index >= 15 is 0 Å². The number of halogens is 1. The van der Waals surface area contributed by atoms with Gasteiger partial charge in [0.1, 0.15) is 5.82 Å². The molecule has 20 heavy (non-hydrogen) atoms. The van der Waals surface area contributed by atoms with Crippen molar-refractivity contribution >= 4 is 5.69 Å². The Kier molecular flexibility index (Phi) is 5.80. The molecule has 0 heterocycles. The van der Waals surface area contributed by atoms with Crippen LogP contribution in [-0.4, -0.2) is 31.3 Å². The van der Waals surface area contributed by atoms with Gasteiger partial charge in [0.05, 0.1) is 6.61 Å². The van der Waals surface area contributed by atoms with Crippen molar-refractivity contribution in [3.8, 4) is 0 Å². The molecule has 1 aliphatic rings. The average Bonchev–Trinajstić information content (AvgIpc) is 2.45. The van der Waals surface area contributed by atoms with Gasteiger partial charge in [-0.2, -0.15) is 0 Å². The summed E-state index contributed by atoms with van der Waals surface area (Å²) in [5, 5.41) is 12.4. The van der Waals surface area contributed by atoms with Gasteiger partial charge in [0.25, 0.3) is 0 Å². The largest absolute Gasteiger partial charge is 0.395 e. The van der Waals surface area contributed by atoms with Crippen LogP contribution in [0.5, 0.6) is 0 Å². The fourth-order valence-corrected chi connectivity index (χ4v) is 3.13. The van der Waals surface area contributed by atoms with E-state index in [0.717, 1.165) is 24.1 Å². The SMILES string of the molecule is CNCc1cc(F)cc(N(CCO)C2CCCCC2)c1. The van der Waals surface area contributed by atoms with Crippen LogP contribution in [-0.2, 0) is 6.54 Å². The first-order valence-electron chi connectivity index (χ1n) is 7.56. The summed E-state index contributed by atoms with van der Waals surface area (Å²) in [5.41, 5.74) is 1.84. The van der Waals surface area contributed by atoms with E-state index < -0.39 is 0 Å². The second-order valence-corrected chi connectivity index (χ2v) is 5.56. The number of hydrogen-bond donors (Lipinski definition) is 2. The first-order valence-corrected chi connectivity index (χ1v) is 7.56. The lowest BCUT2D eigenvalue weighted by Gasteiger charge is -2.36. The Balaban J connectivity index is 2.22. The van der Waals surface area contributed by atoms with Gasteiger partial charge in [0.2, 0.25) is 0 Å². The molecule has 3 nitrogen and oxygen atoms in total. The van der Waals surface area contributed by atoms with Crippen molar-refractivity contribution < 1.29 is 9.50 Å². The van der Waals surface area contributed by atoms with Crippen molar-refractivity contribution in [2.24, 2.45) is 0 Å². The molecule has 4 heteroatoms. The Morgan fingerprint density at radius 3 is 2.65 bits per heavy atom. The number of nitrogens with one attached hydrogen (secondary N) is 1. The Morgan fingerprint density at radius 2 is 2.00 bits per heavy atom. The van der Waals surface area contributed by atoms with Crippen LogP contribution < -0.4 is 10.2 Å². The summed E-state index contributed by atoms with van der Waals surface area (Å²) < 4.78 is 13.8. The van der Waals surface area contributed by atoms with Crippen LogP contribution in [0.4, 0.5) is 10.1 Å². The van der Waals surface area contributed by atoms with E-state index in [1.165, 1.54) is 19.3 Å². The zero-order valence-electron chi connectivity index (χ0n) is 12.2. The number of anilines is 1. The highest BCUT2D eigenvalue weighted by Gasteiger charge is 2.21. The van der Waals surface area contributed by atoms with Crippen molar-refractivity contribution in [1.29, 1.82) is 0 Å². The van der Waals surface area contributed by atoms with Crippen LogP contribution >= 0.6 is 0 Å². The van der Waals surface area contributed by atoms with Gasteiger partial charge in [-0.1, -0.05) is 19.3 Å². The molecule has 0 spiro atoms. The Bertz CT molecular complexity index is 419. The van der Waals surface area contributed by atoms with Crippen LogP contribution in [0, 0.1) is 5.82 Å². The normalized spacial score (nSPS) is 16.4. The maximum absolute atomic E-state index is 13.8. The number of aliphatic hydroxyl groups excluding tert-OH is 1. The minimum Gasteiger partial charge on any atom is -0.395 e. The summed E-state index contributed by atoms with van der Waals surface area (Å²) in [5.74, 6) is -0.202. The third-order valence-corrected chi connectivity index (χ3v) is 4.01. The molecule has 0 bridgehead atoms. The monoisotopic (exact) mass is 280 g/mol. The minimum absolute atomic E-state index is 0.106. The summed E-state index contributed by atoms with van der Waals surface area (Å²) in [6.07, 6.45) is 6.02. The van der Waals surface area contributed by atoms with Gasteiger partial charge in [-0.15, -0.1) is 0 Å². The van der Waals surface area contributed by atoms with E-state index in [0.29, 0.717) is 19.1 Å². The van der Waals surface area contributed by atoms with Crippen molar-refractivity contribution in [2.45, 2.75) is 44.7 Å². The van der Waals surface area contributed by atoms with Gasteiger partial charge in [-0.3, -0.25) is 0 Å². The van der Waals surface area contributed by atoms with Gasteiger partial charge in [-0.25, -0.2) is 4.39 Å². The topological polar surface area (TPSA) is 35.5 Å². The lowest BCUT2D eigenvalue weighted by Crippen LogP contribution is -2.39. The molecule has 0 radical (unpaired) electrons. The van der Waals surface area contributed by atoms with Gasteiger partial charge < -0.3 is 15.3 Å². The van der Waals surface area contributed by atoms with Crippen LogP contribution in [0.1, 0.15) is 37.7 Å². The van der Waals surface area contributed by atoms with Crippen LogP contribution in [0.15, 0.2) is 18.2 Å². The quantitative estimate of drug-likeness (QED) is 0.841. The number of aliphatic hydroxyl groups is 1. The third-order valence-electron chi connectivity index (χ3n) is 4.01. The molecule has 0 saturated heterocycles. The molecule has 1 aliphatic carbocycles. The molecule has 0 unspecified atom stereocenters. The van der Waals surface area contributed by atoms with Crippen molar-refractivity contribution in [1.82, 2.24) is 5.32 Å². The van der Waals surface area contributed by atoms with Crippen molar-refractivity contribution in [3.63, 3.8) is 0 Å². The highest BCUT2D eigenvalue weighted by atomic mass is 19.1. The second-order valence-electron chi connectivity index (χ2n) is 5.56. The smallest absolute Gasteiger partial charge is 0.125 e. The summed E-state index contributed by atoms with van der Waals surface area (Å²) in [6.45, 7) is 1.34. The lowest BCUT2D eigenvalue weighted by atomic mass is 9.93. The van der Waals surface area contributed by atoms with Gasteiger partial charge in [0.15, 0.2) is 0 Å². The molecule has 1 fully saturated rings. The highest BCUT2D eigenvalue weighted by molar-refractivity contribution is 5.50. The van der Waals surface area contributed by atoms with Crippen molar-refractivity contribution in [2.75, 3.05) is 25.1 Å². The molecule has 0 amide bonds. The van der Waals surface area contributed by atoms with E-state index in [-0.39, 0.29) is 12.4 Å². The maximum atomic E-state index is 13.8. The molecule has 1 aromatic rings. The van der Waals surface area contributed by atoms with E-state index in [1.807, 2.05) is 13.1 Å². The van der Waals surface area contributed by atoms with Crippen LogP contribution in [0.3, 0.4) is 0 Å². The number of benzene rings is 1. The number of nitrogens with zero attached hydrogens (tertiary/aromatic N) is 1. The van der Waals surface area contributed by atoms with Crippen LogP contribution in [0.2, 0.25) is 0 Å². The molecule has 1 saturated carbocycles. The van der Waals surface area contributed by atoms with E-state index in [2.05, 4.69) is 10.2 Å². The zero-order valence-corrected chi connectivity index (χ0v) is 12.2. The van der Waals surface area contributed by atoms with Crippen LogP contribution in [0.25, 0.3) is 0 Å². The van der Waals surface area contributed by atoms with Gasteiger partial charge >= 0.3 is 0 Å². The Labute approximate surface area is 120 Å². The third kappa shape index (κ3) is 3.93. The summed E-state index contributed by atoms with van der Waals surface area (Å²) >= 11 is 0. The standard InChI is InChI=1S/C16H25FN2O/c1-18-12-13-9-14(17)11-16(10-13)19(7-8-20)15-5-3-2-4-6-15/h9-11,15,18,20H,2-8,12H2,1H3. The van der Waals surface area contributed by atoms with E-state index in [1.54, 1.807) is 12.1 Å².